The zero-order valence-electron chi connectivity index (χ0n) is 12.9. The molecule has 3 aromatic rings. The highest BCUT2D eigenvalue weighted by Gasteiger charge is 2.29. The van der Waals surface area contributed by atoms with E-state index in [0.717, 1.165) is 31.0 Å². The van der Waals surface area contributed by atoms with Crippen LogP contribution in [0, 0.1) is 5.92 Å². The van der Waals surface area contributed by atoms with E-state index in [-0.39, 0.29) is 0 Å². The third-order valence-corrected chi connectivity index (χ3v) is 4.28. The van der Waals surface area contributed by atoms with Crippen LogP contribution in [0.4, 0.5) is 5.82 Å². The van der Waals surface area contributed by atoms with Crippen LogP contribution >= 0.6 is 0 Å². The Hall–Kier alpha value is -2.37. The van der Waals surface area contributed by atoms with E-state index < -0.39 is 0 Å². The van der Waals surface area contributed by atoms with Gasteiger partial charge in [-0.1, -0.05) is 13.8 Å². The number of rotatable bonds is 4. The van der Waals surface area contributed by atoms with Crippen molar-refractivity contribution in [1.82, 2.24) is 24.1 Å². The lowest BCUT2D eigenvalue weighted by molar-refractivity contribution is 0.349. The second kappa shape index (κ2) is 5.12. The number of aromatic nitrogens is 5. The van der Waals surface area contributed by atoms with Crippen molar-refractivity contribution in [3.63, 3.8) is 0 Å². The Morgan fingerprint density at radius 2 is 1.95 bits per heavy atom. The lowest BCUT2D eigenvalue weighted by atomic mass is 9.99. The van der Waals surface area contributed by atoms with Crippen molar-refractivity contribution >= 4 is 11.3 Å². The maximum Gasteiger partial charge on any atom is 0.154 e. The monoisotopic (exact) mass is 296 g/mol. The molecule has 0 unspecified atom stereocenters. The standard InChI is InChI=1S/C16H20N6/c1-12(2)15-17-5-7-20(15)9-13-10-21(11-13)16-14-3-4-19-22(14)8-6-18-16/h3-8,12-13H,9-11H2,1-2H3. The zero-order chi connectivity index (χ0) is 15.1. The van der Waals surface area contributed by atoms with Gasteiger partial charge in [0.25, 0.3) is 0 Å². The molecule has 6 heteroatoms. The fourth-order valence-corrected chi connectivity index (χ4v) is 3.20. The highest BCUT2D eigenvalue weighted by molar-refractivity contribution is 5.69. The summed E-state index contributed by atoms with van der Waals surface area (Å²) < 4.78 is 4.17. The molecule has 0 bridgehead atoms. The van der Waals surface area contributed by atoms with E-state index in [1.165, 1.54) is 5.82 Å². The van der Waals surface area contributed by atoms with Gasteiger partial charge in [-0.25, -0.2) is 14.5 Å². The lowest BCUT2D eigenvalue weighted by Crippen LogP contribution is -2.49. The normalized spacial score (nSPS) is 15.7. The maximum absolute atomic E-state index is 4.52. The third-order valence-electron chi connectivity index (χ3n) is 4.28. The van der Waals surface area contributed by atoms with Crippen molar-refractivity contribution in [1.29, 1.82) is 0 Å². The minimum absolute atomic E-state index is 0.466. The van der Waals surface area contributed by atoms with Crippen molar-refractivity contribution in [2.45, 2.75) is 26.3 Å². The van der Waals surface area contributed by atoms with E-state index in [2.05, 4.69) is 44.6 Å². The fourth-order valence-electron chi connectivity index (χ4n) is 3.20. The SMILES string of the molecule is CC(C)c1nccn1CC1CN(c2nccn3nccc23)C1. The predicted octanol–water partition coefficient (Wildman–Crippen LogP) is 2.19. The first kappa shape index (κ1) is 13.3. The van der Waals surface area contributed by atoms with Gasteiger partial charge in [0, 0.05) is 56.3 Å². The van der Waals surface area contributed by atoms with Crippen LogP contribution in [0.25, 0.3) is 5.52 Å². The molecule has 1 saturated heterocycles. The average molecular weight is 296 g/mol. The molecule has 1 fully saturated rings. The summed E-state index contributed by atoms with van der Waals surface area (Å²) >= 11 is 0. The molecule has 1 aliphatic heterocycles. The number of anilines is 1. The van der Waals surface area contributed by atoms with E-state index in [4.69, 9.17) is 0 Å². The molecule has 0 aromatic carbocycles. The lowest BCUT2D eigenvalue weighted by Gasteiger charge is -2.40. The Labute approximate surface area is 129 Å². The van der Waals surface area contributed by atoms with Gasteiger partial charge in [0.15, 0.2) is 5.82 Å². The van der Waals surface area contributed by atoms with Gasteiger partial charge in [0.05, 0.1) is 6.20 Å². The van der Waals surface area contributed by atoms with Gasteiger partial charge in [0.1, 0.15) is 11.3 Å². The minimum Gasteiger partial charge on any atom is -0.354 e. The molecular weight excluding hydrogens is 276 g/mol. The summed E-state index contributed by atoms with van der Waals surface area (Å²) in [5.74, 6) is 3.32. The van der Waals surface area contributed by atoms with E-state index >= 15 is 0 Å². The first-order valence-corrected chi connectivity index (χ1v) is 7.76. The van der Waals surface area contributed by atoms with Gasteiger partial charge < -0.3 is 9.47 Å². The molecule has 0 amide bonds. The Bertz CT molecular complexity index is 781. The van der Waals surface area contributed by atoms with Crippen LogP contribution in [0.1, 0.15) is 25.6 Å². The number of hydrogen-bond donors (Lipinski definition) is 0. The first-order chi connectivity index (χ1) is 10.7. The maximum atomic E-state index is 4.52. The summed E-state index contributed by atoms with van der Waals surface area (Å²) in [5.41, 5.74) is 1.08. The van der Waals surface area contributed by atoms with Crippen LogP contribution in [-0.2, 0) is 6.54 Å². The molecule has 0 N–H and O–H groups in total. The fraction of sp³-hybridized carbons (Fsp3) is 0.438. The molecule has 4 rings (SSSR count). The van der Waals surface area contributed by atoms with E-state index in [1.807, 2.05) is 35.4 Å². The van der Waals surface area contributed by atoms with E-state index in [0.29, 0.717) is 11.8 Å². The van der Waals surface area contributed by atoms with Crippen molar-refractivity contribution in [2.75, 3.05) is 18.0 Å². The number of nitrogens with zero attached hydrogens (tertiary/aromatic N) is 6. The molecule has 22 heavy (non-hydrogen) atoms. The molecule has 0 saturated carbocycles. The Balaban J connectivity index is 1.46. The van der Waals surface area contributed by atoms with Gasteiger partial charge in [-0.3, -0.25) is 0 Å². The summed E-state index contributed by atoms with van der Waals surface area (Å²) in [6.45, 7) is 7.49. The summed E-state index contributed by atoms with van der Waals surface area (Å²) in [4.78, 5) is 11.3. The predicted molar refractivity (Wildman–Crippen MR) is 85.0 cm³/mol. The number of imidazole rings is 1. The Morgan fingerprint density at radius 1 is 1.14 bits per heavy atom. The largest absolute Gasteiger partial charge is 0.354 e. The van der Waals surface area contributed by atoms with Gasteiger partial charge >= 0.3 is 0 Å². The third kappa shape index (κ3) is 2.15. The quantitative estimate of drug-likeness (QED) is 0.740. The van der Waals surface area contributed by atoms with Gasteiger partial charge in [-0.2, -0.15) is 5.10 Å². The number of fused-ring (bicyclic) bond motifs is 1. The molecule has 6 nitrogen and oxygen atoms in total. The molecule has 0 atom stereocenters. The molecule has 1 aliphatic rings. The topological polar surface area (TPSA) is 51.2 Å². The van der Waals surface area contributed by atoms with E-state index in [1.54, 1.807) is 0 Å². The van der Waals surface area contributed by atoms with Crippen molar-refractivity contribution in [2.24, 2.45) is 5.92 Å². The highest BCUT2D eigenvalue weighted by Crippen LogP contribution is 2.27. The molecular formula is C16H20N6. The summed E-state index contributed by atoms with van der Waals surface area (Å²) in [6.07, 6.45) is 9.51. The van der Waals surface area contributed by atoms with Crippen molar-refractivity contribution in [3.05, 3.63) is 42.9 Å². The molecule has 3 aromatic heterocycles. The van der Waals surface area contributed by atoms with E-state index in [9.17, 15) is 0 Å². The Kier molecular flexibility index (Phi) is 3.10. The van der Waals surface area contributed by atoms with Crippen LogP contribution in [-0.4, -0.2) is 37.2 Å². The summed E-state index contributed by atoms with van der Waals surface area (Å²) in [5, 5.41) is 4.27. The molecule has 114 valence electrons. The molecule has 4 heterocycles. The zero-order valence-corrected chi connectivity index (χ0v) is 12.9. The molecule has 0 radical (unpaired) electrons. The van der Waals surface area contributed by atoms with Crippen LogP contribution in [0.2, 0.25) is 0 Å². The van der Waals surface area contributed by atoms with Crippen LogP contribution < -0.4 is 4.90 Å². The van der Waals surface area contributed by atoms with Crippen molar-refractivity contribution < 1.29 is 0 Å². The van der Waals surface area contributed by atoms with Crippen LogP contribution in [0.5, 0.6) is 0 Å². The number of hydrogen-bond acceptors (Lipinski definition) is 4. The second-order valence-electron chi connectivity index (χ2n) is 6.28. The highest BCUT2D eigenvalue weighted by atomic mass is 15.3. The van der Waals surface area contributed by atoms with Gasteiger partial charge in [-0.15, -0.1) is 0 Å². The van der Waals surface area contributed by atoms with Gasteiger partial charge in [-0.05, 0) is 6.07 Å². The summed E-state index contributed by atoms with van der Waals surface area (Å²) in [7, 11) is 0. The van der Waals surface area contributed by atoms with Crippen LogP contribution in [0.15, 0.2) is 37.1 Å². The second-order valence-corrected chi connectivity index (χ2v) is 6.28. The average Bonchev–Trinajstić information content (AvgIpc) is 3.10. The minimum atomic E-state index is 0.466. The first-order valence-electron chi connectivity index (χ1n) is 7.76. The van der Waals surface area contributed by atoms with Crippen LogP contribution in [0.3, 0.4) is 0 Å². The molecule has 0 aliphatic carbocycles. The smallest absolute Gasteiger partial charge is 0.154 e. The Morgan fingerprint density at radius 3 is 2.77 bits per heavy atom. The van der Waals surface area contributed by atoms with Crippen molar-refractivity contribution in [3.8, 4) is 0 Å². The summed E-state index contributed by atoms with van der Waals surface area (Å²) in [6, 6.07) is 2.02. The molecule has 0 spiro atoms. The van der Waals surface area contributed by atoms with Gasteiger partial charge in [0.2, 0.25) is 0 Å².